The highest BCUT2D eigenvalue weighted by Crippen LogP contribution is 2.47. The number of hydrogen-bond donors (Lipinski definition) is 1. The number of rotatable bonds is 7. The molecule has 0 saturated heterocycles. The fourth-order valence-electron chi connectivity index (χ4n) is 5.46. The molecule has 0 atom stereocenters. The first-order valence-electron chi connectivity index (χ1n) is 13.7. The minimum Gasteiger partial charge on any atom is -0.398 e. The standard InChI is InChI=1S/C31H35N9/c1-17(2)25-14-26(36-40(25)7)33-15-23-21(9-8-10-24(23)32)28-29(19-11-12-19)39(6)31(35-28)22-13-20-16-38(5)37-30(20)34-27(22)18(3)4/h8-10,13-16,18-19H,1,11-12,32H2,2-7H3. The van der Waals surface area contributed by atoms with Crippen LogP contribution in [-0.2, 0) is 21.1 Å². The number of aryl methyl sites for hydroxylation is 2. The van der Waals surface area contributed by atoms with Gasteiger partial charge < -0.3 is 10.3 Å². The molecular formula is C31H35N9. The van der Waals surface area contributed by atoms with Crippen LogP contribution in [0, 0.1) is 0 Å². The van der Waals surface area contributed by atoms with Crippen molar-refractivity contribution in [2.45, 2.75) is 45.4 Å². The van der Waals surface area contributed by atoms with Crippen molar-refractivity contribution in [3.05, 3.63) is 65.8 Å². The van der Waals surface area contributed by atoms with Crippen LogP contribution >= 0.6 is 0 Å². The molecule has 5 aromatic rings. The summed E-state index contributed by atoms with van der Waals surface area (Å²) < 4.78 is 5.85. The molecule has 4 heterocycles. The number of nitrogens with two attached hydrogens (primary N) is 1. The monoisotopic (exact) mass is 533 g/mol. The molecule has 9 heteroatoms. The van der Waals surface area contributed by atoms with Crippen LogP contribution < -0.4 is 5.73 Å². The number of nitrogens with zero attached hydrogens (tertiary/aromatic N) is 8. The van der Waals surface area contributed by atoms with Crippen molar-refractivity contribution in [3.63, 3.8) is 0 Å². The summed E-state index contributed by atoms with van der Waals surface area (Å²) in [7, 11) is 5.93. The van der Waals surface area contributed by atoms with Gasteiger partial charge in [0.2, 0.25) is 0 Å². The molecule has 0 radical (unpaired) electrons. The number of hydrogen-bond acceptors (Lipinski definition) is 6. The third-order valence-electron chi connectivity index (χ3n) is 7.55. The second kappa shape index (κ2) is 9.59. The summed E-state index contributed by atoms with van der Waals surface area (Å²) in [6.07, 6.45) is 6.10. The second-order valence-electron chi connectivity index (χ2n) is 11.2. The number of aliphatic imine (C=N–C) groups is 1. The lowest BCUT2D eigenvalue weighted by molar-refractivity contribution is 0.757. The number of nitrogen functional groups attached to an aromatic ring is 1. The average Bonchev–Trinajstić information content (AvgIpc) is 3.42. The van der Waals surface area contributed by atoms with Crippen molar-refractivity contribution in [1.29, 1.82) is 0 Å². The molecule has 9 nitrogen and oxygen atoms in total. The predicted octanol–water partition coefficient (Wildman–Crippen LogP) is 6.14. The van der Waals surface area contributed by atoms with Crippen LogP contribution in [0.5, 0.6) is 0 Å². The van der Waals surface area contributed by atoms with Crippen molar-refractivity contribution in [3.8, 4) is 22.6 Å². The third kappa shape index (κ3) is 4.41. The van der Waals surface area contributed by atoms with Crippen molar-refractivity contribution in [1.82, 2.24) is 34.1 Å². The average molecular weight is 534 g/mol. The zero-order valence-electron chi connectivity index (χ0n) is 24.0. The van der Waals surface area contributed by atoms with Gasteiger partial charge in [-0.15, -0.1) is 0 Å². The summed E-state index contributed by atoms with van der Waals surface area (Å²) in [5.41, 5.74) is 15.8. The maximum absolute atomic E-state index is 6.55. The predicted molar refractivity (Wildman–Crippen MR) is 162 cm³/mol. The van der Waals surface area contributed by atoms with Gasteiger partial charge in [0, 0.05) is 79.0 Å². The van der Waals surface area contributed by atoms with E-state index in [1.807, 2.05) is 56.3 Å². The van der Waals surface area contributed by atoms with Crippen LogP contribution in [0.4, 0.5) is 11.5 Å². The Hall–Kier alpha value is -4.53. The van der Waals surface area contributed by atoms with Crippen LogP contribution in [0.25, 0.3) is 39.3 Å². The molecule has 0 amide bonds. The van der Waals surface area contributed by atoms with E-state index in [1.165, 1.54) is 5.69 Å². The minimum atomic E-state index is 0.212. The lowest BCUT2D eigenvalue weighted by Gasteiger charge is -2.12. The van der Waals surface area contributed by atoms with Crippen LogP contribution in [0.1, 0.15) is 68.1 Å². The smallest absolute Gasteiger partial charge is 0.181 e. The van der Waals surface area contributed by atoms with Crippen LogP contribution in [0.3, 0.4) is 0 Å². The van der Waals surface area contributed by atoms with Crippen molar-refractivity contribution in [2.24, 2.45) is 26.1 Å². The number of aromatic nitrogens is 7. The number of imidazole rings is 1. The van der Waals surface area contributed by atoms with Gasteiger partial charge in [0.25, 0.3) is 0 Å². The summed E-state index contributed by atoms with van der Waals surface area (Å²) in [4.78, 5) is 15.0. The number of anilines is 1. The highest BCUT2D eigenvalue weighted by molar-refractivity contribution is 5.97. The summed E-state index contributed by atoms with van der Waals surface area (Å²) in [6.45, 7) is 10.3. The van der Waals surface area contributed by atoms with E-state index in [4.69, 9.17) is 20.7 Å². The number of benzene rings is 1. The fraction of sp³-hybridized carbons (Fsp3) is 0.323. The van der Waals surface area contributed by atoms with Gasteiger partial charge in [-0.05, 0) is 43.4 Å². The first kappa shape index (κ1) is 25.7. The van der Waals surface area contributed by atoms with Gasteiger partial charge in [0.15, 0.2) is 11.5 Å². The van der Waals surface area contributed by atoms with E-state index >= 15 is 0 Å². The first-order valence-corrected chi connectivity index (χ1v) is 13.7. The molecule has 0 aliphatic heterocycles. The Bertz CT molecular complexity index is 1810. The van der Waals surface area contributed by atoms with Crippen LogP contribution in [0.2, 0.25) is 0 Å². The van der Waals surface area contributed by atoms with E-state index in [9.17, 15) is 0 Å². The Morgan fingerprint density at radius 2 is 1.88 bits per heavy atom. The molecule has 1 fully saturated rings. The summed E-state index contributed by atoms with van der Waals surface area (Å²) >= 11 is 0. The molecule has 4 aromatic heterocycles. The van der Waals surface area contributed by atoms with E-state index in [1.54, 1.807) is 4.68 Å². The SMILES string of the molecule is C=C(C)c1cc(N=Cc2c(N)cccc2-c2nc(-c3cc4cn(C)nc4nc3C(C)C)n(C)c2C2CC2)nn1C. The Balaban J connectivity index is 1.52. The lowest BCUT2D eigenvalue weighted by Crippen LogP contribution is -2.03. The van der Waals surface area contributed by atoms with E-state index in [-0.39, 0.29) is 5.92 Å². The van der Waals surface area contributed by atoms with Gasteiger partial charge >= 0.3 is 0 Å². The summed E-state index contributed by atoms with van der Waals surface area (Å²) in [5, 5.41) is 10.1. The highest BCUT2D eigenvalue weighted by Gasteiger charge is 2.33. The van der Waals surface area contributed by atoms with Gasteiger partial charge in [0.1, 0.15) is 5.82 Å². The maximum atomic E-state index is 6.55. The number of allylic oxidation sites excluding steroid dienone is 1. The molecule has 1 aromatic carbocycles. The largest absolute Gasteiger partial charge is 0.398 e. The molecule has 1 aliphatic rings. The van der Waals surface area contributed by atoms with E-state index in [0.717, 1.165) is 69.0 Å². The van der Waals surface area contributed by atoms with Crippen LogP contribution in [0.15, 0.2) is 48.1 Å². The molecular weight excluding hydrogens is 498 g/mol. The molecule has 2 N–H and O–H groups in total. The molecule has 0 spiro atoms. The van der Waals surface area contributed by atoms with E-state index < -0.39 is 0 Å². The lowest BCUT2D eigenvalue weighted by atomic mass is 10.0. The molecule has 1 saturated carbocycles. The van der Waals surface area contributed by atoms with Crippen LogP contribution in [-0.4, -0.2) is 40.3 Å². The molecule has 40 heavy (non-hydrogen) atoms. The molecule has 1 aliphatic carbocycles. The zero-order chi connectivity index (χ0) is 28.3. The highest BCUT2D eigenvalue weighted by atomic mass is 15.3. The van der Waals surface area contributed by atoms with Gasteiger partial charge in [-0.3, -0.25) is 9.36 Å². The van der Waals surface area contributed by atoms with E-state index in [0.29, 0.717) is 17.4 Å². The van der Waals surface area contributed by atoms with E-state index in [2.05, 4.69) is 54.4 Å². The van der Waals surface area contributed by atoms with Gasteiger partial charge in [-0.1, -0.05) is 32.6 Å². The third-order valence-corrected chi connectivity index (χ3v) is 7.55. The maximum Gasteiger partial charge on any atom is 0.181 e. The Morgan fingerprint density at radius 3 is 2.55 bits per heavy atom. The summed E-state index contributed by atoms with van der Waals surface area (Å²) in [6, 6.07) is 10.1. The quantitative estimate of drug-likeness (QED) is 0.200. The number of fused-ring (bicyclic) bond motifs is 1. The topological polar surface area (TPSA) is 105 Å². The zero-order valence-corrected chi connectivity index (χ0v) is 24.0. The Kier molecular flexibility index (Phi) is 6.17. The van der Waals surface area contributed by atoms with Gasteiger partial charge in [-0.25, -0.2) is 15.0 Å². The first-order chi connectivity index (χ1) is 19.1. The molecule has 6 rings (SSSR count). The molecule has 0 bridgehead atoms. The number of pyridine rings is 1. The Morgan fingerprint density at radius 1 is 1.10 bits per heavy atom. The van der Waals surface area contributed by atoms with Crippen molar-refractivity contribution < 1.29 is 0 Å². The Labute approximate surface area is 234 Å². The fourth-order valence-corrected chi connectivity index (χ4v) is 5.46. The normalized spacial score (nSPS) is 13.8. The van der Waals surface area contributed by atoms with Crippen molar-refractivity contribution in [2.75, 3.05) is 5.73 Å². The second-order valence-corrected chi connectivity index (χ2v) is 11.2. The van der Waals surface area contributed by atoms with Gasteiger partial charge in [0.05, 0.1) is 17.1 Å². The molecule has 204 valence electrons. The van der Waals surface area contributed by atoms with Gasteiger partial charge in [-0.2, -0.15) is 10.2 Å². The minimum absolute atomic E-state index is 0.212. The van der Waals surface area contributed by atoms with Crippen molar-refractivity contribution >= 4 is 34.3 Å². The molecule has 0 unspecified atom stereocenters. The summed E-state index contributed by atoms with van der Waals surface area (Å²) in [5.74, 6) is 2.18.